The molecule has 0 spiro atoms. The van der Waals surface area contributed by atoms with E-state index in [1.807, 2.05) is 63.5 Å². The van der Waals surface area contributed by atoms with Crippen molar-refractivity contribution in [3.63, 3.8) is 0 Å². The molecule has 2 aromatic rings. The van der Waals surface area contributed by atoms with Gasteiger partial charge in [-0.1, -0.05) is 36.0 Å². The molecule has 0 aliphatic rings. The summed E-state index contributed by atoms with van der Waals surface area (Å²) >= 11 is 1.31. The van der Waals surface area contributed by atoms with Crippen LogP contribution in [0.1, 0.15) is 33.3 Å². The fourth-order valence-electron chi connectivity index (χ4n) is 2.53. The first kappa shape index (κ1) is 21.0. The van der Waals surface area contributed by atoms with Gasteiger partial charge in [0.15, 0.2) is 11.0 Å². The quantitative estimate of drug-likeness (QED) is 0.710. The monoisotopic (exact) mass is 389 g/mol. The molecule has 0 saturated carbocycles. The molecular weight excluding hydrogens is 362 g/mol. The molecule has 2 N–H and O–H groups in total. The maximum absolute atomic E-state index is 12.0. The first-order chi connectivity index (χ1) is 12.7. The van der Waals surface area contributed by atoms with E-state index in [1.165, 1.54) is 11.8 Å². The molecule has 0 unspecified atom stereocenters. The Morgan fingerprint density at radius 1 is 1.15 bits per heavy atom. The van der Waals surface area contributed by atoms with Crippen molar-refractivity contribution in [1.82, 2.24) is 25.4 Å². The molecule has 1 aromatic heterocycles. The molecule has 1 heterocycles. The summed E-state index contributed by atoms with van der Waals surface area (Å²) in [4.78, 5) is 23.8. The number of aryl methyl sites for hydroxylation is 1. The zero-order valence-corrected chi connectivity index (χ0v) is 17.3. The van der Waals surface area contributed by atoms with Crippen LogP contribution in [0, 0.1) is 6.92 Å². The summed E-state index contributed by atoms with van der Waals surface area (Å²) in [6, 6.07) is 8.01. The molecule has 0 saturated heterocycles. The predicted molar refractivity (Wildman–Crippen MR) is 107 cm³/mol. The number of nitrogens with zero attached hydrogens (tertiary/aromatic N) is 3. The van der Waals surface area contributed by atoms with E-state index in [-0.39, 0.29) is 29.7 Å². The SMILES string of the molecule is CCn1c(SCC(=O)NCC(=O)NC(C)(C)C)nnc1-c1ccccc1C. The van der Waals surface area contributed by atoms with E-state index in [0.29, 0.717) is 11.7 Å². The van der Waals surface area contributed by atoms with Gasteiger partial charge in [0.2, 0.25) is 11.8 Å². The number of carbonyl (C=O) groups is 2. The first-order valence-corrected chi connectivity index (χ1v) is 9.89. The van der Waals surface area contributed by atoms with Crippen molar-refractivity contribution in [3.8, 4) is 11.4 Å². The minimum Gasteiger partial charge on any atom is -0.350 e. The van der Waals surface area contributed by atoms with Crippen LogP contribution < -0.4 is 10.6 Å². The van der Waals surface area contributed by atoms with E-state index in [2.05, 4.69) is 20.8 Å². The van der Waals surface area contributed by atoms with Gasteiger partial charge in [-0.3, -0.25) is 9.59 Å². The number of nitrogens with one attached hydrogen (secondary N) is 2. The van der Waals surface area contributed by atoms with Crippen molar-refractivity contribution in [1.29, 1.82) is 0 Å². The standard InChI is InChI=1S/C19H27N5O2S/c1-6-24-17(14-10-8-7-9-13(14)2)22-23-18(24)27-12-16(26)20-11-15(25)21-19(3,4)5/h7-10H,6,11-12H2,1-5H3,(H,20,26)(H,21,25). The van der Waals surface area contributed by atoms with Crippen molar-refractivity contribution in [2.75, 3.05) is 12.3 Å². The Hall–Kier alpha value is -2.35. The fourth-order valence-corrected chi connectivity index (χ4v) is 3.36. The Bertz CT molecular complexity index is 811. The van der Waals surface area contributed by atoms with Crippen molar-refractivity contribution in [2.45, 2.75) is 51.9 Å². The van der Waals surface area contributed by atoms with Crippen LogP contribution in [0.25, 0.3) is 11.4 Å². The lowest BCUT2D eigenvalue weighted by Crippen LogP contribution is -2.46. The zero-order chi connectivity index (χ0) is 20.0. The summed E-state index contributed by atoms with van der Waals surface area (Å²) < 4.78 is 1.99. The molecule has 0 bridgehead atoms. The molecule has 0 aliphatic heterocycles. The molecule has 0 fully saturated rings. The van der Waals surface area contributed by atoms with Crippen molar-refractivity contribution in [3.05, 3.63) is 29.8 Å². The van der Waals surface area contributed by atoms with Crippen LogP contribution in [-0.2, 0) is 16.1 Å². The molecule has 7 nitrogen and oxygen atoms in total. The first-order valence-electron chi connectivity index (χ1n) is 8.91. The number of thioether (sulfide) groups is 1. The van der Waals surface area contributed by atoms with Crippen LogP contribution in [0.2, 0.25) is 0 Å². The van der Waals surface area contributed by atoms with Crippen molar-refractivity contribution in [2.24, 2.45) is 0 Å². The second kappa shape index (κ2) is 9.03. The van der Waals surface area contributed by atoms with Crippen LogP contribution >= 0.6 is 11.8 Å². The minimum atomic E-state index is -0.319. The summed E-state index contributed by atoms with van der Waals surface area (Å²) in [5.41, 5.74) is 1.83. The van der Waals surface area contributed by atoms with Gasteiger partial charge in [0.1, 0.15) is 0 Å². The van der Waals surface area contributed by atoms with Gasteiger partial charge in [-0.15, -0.1) is 10.2 Å². The summed E-state index contributed by atoms with van der Waals surface area (Å²) in [6.07, 6.45) is 0. The summed E-state index contributed by atoms with van der Waals surface area (Å²) in [5.74, 6) is 0.545. The number of hydrogen-bond acceptors (Lipinski definition) is 5. The highest BCUT2D eigenvalue weighted by atomic mass is 32.2. The number of carbonyl (C=O) groups excluding carboxylic acids is 2. The number of aromatic nitrogens is 3. The minimum absolute atomic E-state index is 0.0361. The molecule has 2 rings (SSSR count). The van der Waals surface area contributed by atoms with Crippen LogP contribution in [0.5, 0.6) is 0 Å². The highest BCUT2D eigenvalue weighted by Crippen LogP contribution is 2.26. The lowest BCUT2D eigenvalue weighted by Gasteiger charge is -2.20. The normalized spacial score (nSPS) is 11.3. The molecule has 8 heteroatoms. The highest BCUT2D eigenvalue weighted by molar-refractivity contribution is 7.99. The molecule has 27 heavy (non-hydrogen) atoms. The fraction of sp³-hybridized carbons (Fsp3) is 0.474. The maximum atomic E-state index is 12.0. The van der Waals surface area contributed by atoms with Gasteiger partial charge in [0.05, 0.1) is 12.3 Å². The van der Waals surface area contributed by atoms with Gasteiger partial charge in [-0.25, -0.2) is 0 Å². The Morgan fingerprint density at radius 2 is 1.85 bits per heavy atom. The van der Waals surface area contributed by atoms with Gasteiger partial charge in [-0.2, -0.15) is 0 Å². The summed E-state index contributed by atoms with van der Waals surface area (Å²) in [5, 5.41) is 14.7. The van der Waals surface area contributed by atoms with Gasteiger partial charge in [0.25, 0.3) is 0 Å². The summed E-state index contributed by atoms with van der Waals surface area (Å²) in [6.45, 7) is 10.4. The average Bonchev–Trinajstić information content (AvgIpc) is 2.99. The molecule has 1 aromatic carbocycles. The predicted octanol–water partition coefficient (Wildman–Crippen LogP) is 2.40. The Labute approximate surface area is 164 Å². The van der Waals surface area contributed by atoms with Gasteiger partial charge >= 0.3 is 0 Å². The Morgan fingerprint density at radius 3 is 2.48 bits per heavy atom. The van der Waals surface area contributed by atoms with Gasteiger partial charge in [0, 0.05) is 17.6 Å². The van der Waals surface area contributed by atoms with Gasteiger partial charge in [-0.05, 0) is 40.2 Å². The van der Waals surface area contributed by atoms with Crippen LogP contribution in [0.15, 0.2) is 29.4 Å². The average molecular weight is 390 g/mol. The topological polar surface area (TPSA) is 88.9 Å². The van der Waals surface area contributed by atoms with E-state index >= 15 is 0 Å². The zero-order valence-electron chi connectivity index (χ0n) is 16.5. The number of rotatable bonds is 7. The van der Waals surface area contributed by atoms with E-state index in [0.717, 1.165) is 17.0 Å². The third-order valence-corrected chi connectivity index (χ3v) is 4.68. The van der Waals surface area contributed by atoms with Crippen LogP contribution in [0.3, 0.4) is 0 Å². The van der Waals surface area contributed by atoms with Crippen LogP contribution in [-0.4, -0.2) is 44.4 Å². The second-order valence-electron chi connectivity index (χ2n) is 7.23. The second-order valence-corrected chi connectivity index (χ2v) is 8.17. The van der Waals surface area contributed by atoms with Crippen molar-refractivity contribution < 1.29 is 9.59 Å². The van der Waals surface area contributed by atoms with Gasteiger partial charge < -0.3 is 15.2 Å². The lowest BCUT2D eigenvalue weighted by molar-refractivity contribution is -0.125. The number of hydrogen-bond donors (Lipinski definition) is 2. The number of amides is 2. The molecule has 0 radical (unpaired) electrons. The van der Waals surface area contributed by atoms with E-state index in [9.17, 15) is 9.59 Å². The van der Waals surface area contributed by atoms with E-state index in [4.69, 9.17) is 0 Å². The molecule has 0 aliphatic carbocycles. The lowest BCUT2D eigenvalue weighted by atomic mass is 10.1. The molecular formula is C19H27N5O2S. The van der Waals surface area contributed by atoms with Crippen LogP contribution in [0.4, 0.5) is 0 Å². The highest BCUT2D eigenvalue weighted by Gasteiger charge is 2.17. The Kier molecular flexibility index (Phi) is 7.01. The summed E-state index contributed by atoms with van der Waals surface area (Å²) in [7, 11) is 0. The third-order valence-electron chi connectivity index (χ3n) is 3.71. The molecule has 146 valence electrons. The molecule has 2 amide bonds. The smallest absolute Gasteiger partial charge is 0.239 e. The number of benzene rings is 1. The maximum Gasteiger partial charge on any atom is 0.239 e. The molecule has 0 atom stereocenters. The van der Waals surface area contributed by atoms with E-state index < -0.39 is 0 Å². The Balaban J connectivity index is 1.96. The van der Waals surface area contributed by atoms with E-state index in [1.54, 1.807) is 0 Å². The van der Waals surface area contributed by atoms with Crippen molar-refractivity contribution >= 4 is 23.6 Å². The largest absolute Gasteiger partial charge is 0.350 e. The third kappa shape index (κ3) is 6.09.